The van der Waals surface area contributed by atoms with Gasteiger partial charge in [-0.05, 0) is 51.5 Å². The minimum Gasteiger partial charge on any atom is -0.468 e. The molecular formula is C16H30N2O2. The zero-order chi connectivity index (χ0) is 14.6. The molecule has 2 fully saturated rings. The summed E-state index contributed by atoms with van der Waals surface area (Å²) in [5.41, 5.74) is 5.51. The summed E-state index contributed by atoms with van der Waals surface area (Å²) in [5, 5.41) is 0. The number of hydrogen-bond acceptors (Lipinski definition) is 4. The van der Waals surface area contributed by atoms with Crippen LogP contribution in [-0.2, 0) is 9.53 Å². The summed E-state index contributed by atoms with van der Waals surface area (Å²) in [6.07, 6.45) is 10.6. The van der Waals surface area contributed by atoms with Crippen LogP contribution in [-0.4, -0.2) is 43.2 Å². The van der Waals surface area contributed by atoms with Crippen molar-refractivity contribution in [3.63, 3.8) is 0 Å². The summed E-state index contributed by atoms with van der Waals surface area (Å²) in [5.74, 6) is 0.592. The maximum Gasteiger partial charge on any atom is 0.325 e. The lowest BCUT2D eigenvalue weighted by Crippen LogP contribution is -2.56. The molecule has 0 aliphatic heterocycles. The fourth-order valence-electron chi connectivity index (χ4n) is 3.97. The summed E-state index contributed by atoms with van der Waals surface area (Å²) in [6.45, 7) is 1.15. The van der Waals surface area contributed by atoms with E-state index in [1.165, 1.54) is 39.2 Å². The minimum absolute atomic E-state index is 0.242. The molecule has 0 aromatic rings. The molecule has 0 heterocycles. The standard InChI is InChI=1S/C16H30N2O2/c1-18(12-13-7-4-3-5-8-13)14-9-6-10-16(17,11-14)15(19)20-2/h13-14H,3-12,17H2,1-2H3. The molecule has 20 heavy (non-hydrogen) atoms. The van der Waals surface area contributed by atoms with Crippen molar-refractivity contribution in [2.24, 2.45) is 11.7 Å². The molecular weight excluding hydrogens is 252 g/mol. The third kappa shape index (κ3) is 3.73. The van der Waals surface area contributed by atoms with E-state index < -0.39 is 5.54 Å². The number of carbonyl (C=O) groups excluding carboxylic acids is 1. The van der Waals surface area contributed by atoms with Gasteiger partial charge in [-0.1, -0.05) is 19.3 Å². The average molecular weight is 282 g/mol. The third-order valence-electron chi connectivity index (χ3n) is 5.25. The Bertz CT molecular complexity index is 328. The van der Waals surface area contributed by atoms with Crippen molar-refractivity contribution in [1.82, 2.24) is 4.90 Å². The van der Waals surface area contributed by atoms with E-state index in [-0.39, 0.29) is 5.97 Å². The predicted octanol–water partition coefficient (Wildman–Crippen LogP) is 2.31. The molecule has 0 saturated heterocycles. The highest BCUT2D eigenvalue weighted by Gasteiger charge is 2.41. The van der Waals surface area contributed by atoms with Gasteiger partial charge in [0, 0.05) is 12.6 Å². The SMILES string of the molecule is COC(=O)C1(N)CCCC(N(C)CC2CCCCC2)C1. The number of esters is 1. The molecule has 2 aliphatic rings. The maximum absolute atomic E-state index is 11.9. The summed E-state index contributed by atoms with van der Waals surface area (Å²) in [4.78, 5) is 14.3. The summed E-state index contributed by atoms with van der Waals surface area (Å²) >= 11 is 0. The fourth-order valence-corrected chi connectivity index (χ4v) is 3.97. The van der Waals surface area contributed by atoms with E-state index in [0.717, 1.165) is 38.1 Å². The normalized spacial score (nSPS) is 32.3. The Labute approximate surface area is 123 Å². The van der Waals surface area contributed by atoms with Crippen LogP contribution in [0.5, 0.6) is 0 Å². The molecule has 0 spiro atoms. The molecule has 4 heteroatoms. The van der Waals surface area contributed by atoms with E-state index in [0.29, 0.717) is 6.04 Å². The lowest BCUT2D eigenvalue weighted by molar-refractivity contribution is -0.149. The Morgan fingerprint density at radius 3 is 2.60 bits per heavy atom. The third-order valence-corrected chi connectivity index (χ3v) is 5.25. The van der Waals surface area contributed by atoms with Gasteiger partial charge < -0.3 is 15.4 Å². The number of ether oxygens (including phenoxy) is 1. The lowest BCUT2D eigenvalue weighted by atomic mass is 9.78. The highest BCUT2D eigenvalue weighted by Crippen LogP contribution is 2.32. The highest BCUT2D eigenvalue weighted by molar-refractivity contribution is 5.80. The van der Waals surface area contributed by atoms with Crippen LogP contribution >= 0.6 is 0 Å². The fraction of sp³-hybridized carbons (Fsp3) is 0.938. The summed E-state index contributed by atoms with van der Waals surface area (Å²) in [6, 6.07) is 0.426. The maximum atomic E-state index is 11.9. The van der Waals surface area contributed by atoms with E-state index in [9.17, 15) is 4.79 Å². The molecule has 0 bridgehead atoms. The molecule has 116 valence electrons. The van der Waals surface area contributed by atoms with Crippen molar-refractivity contribution in [3.8, 4) is 0 Å². The van der Waals surface area contributed by atoms with Crippen molar-refractivity contribution in [2.45, 2.75) is 69.4 Å². The average Bonchev–Trinajstić information content (AvgIpc) is 2.47. The van der Waals surface area contributed by atoms with Crippen LogP contribution in [0.2, 0.25) is 0 Å². The quantitative estimate of drug-likeness (QED) is 0.804. The van der Waals surface area contributed by atoms with Gasteiger partial charge in [0.05, 0.1) is 7.11 Å². The molecule has 2 unspecified atom stereocenters. The first-order chi connectivity index (χ1) is 9.55. The second-order valence-corrected chi connectivity index (χ2v) is 6.84. The van der Waals surface area contributed by atoms with Gasteiger partial charge in [-0.25, -0.2) is 0 Å². The van der Waals surface area contributed by atoms with Gasteiger partial charge in [-0.15, -0.1) is 0 Å². The van der Waals surface area contributed by atoms with Gasteiger partial charge in [-0.3, -0.25) is 4.79 Å². The monoisotopic (exact) mass is 282 g/mol. The van der Waals surface area contributed by atoms with Crippen LogP contribution < -0.4 is 5.73 Å². The van der Waals surface area contributed by atoms with Crippen molar-refractivity contribution >= 4 is 5.97 Å². The first-order valence-electron chi connectivity index (χ1n) is 8.13. The molecule has 0 aromatic carbocycles. The molecule has 2 aliphatic carbocycles. The smallest absolute Gasteiger partial charge is 0.325 e. The lowest BCUT2D eigenvalue weighted by Gasteiger charge is -2.41. The topological polar surface area (TPSA) is 55.6 Å². The largest absolute Gasteiger partial charge is 0.468 e. The summed E-state index contributed by atoms with van der Waals surface area (Å²) in [7, 11) is 3.63. The molecule has 0 aromatic heterocycles. The van der Waals surface area contributed by atoms with Gasteiger partial charge in [-0.2, -0.15) is 0 Å². The van der Waals surface area contributed by atoms with E-state index in [2.05, 4.69) is 11.9 Å². The minimum atomic E-state index is -0.765. The van der Waals surface area contributed by atoms with Gasteiger partial charge in [0.15, 0.2) is 0 Å². The second-order valence-electron chi connectivity index (χ2n) is 6.84. The van der Waals surface area contributed by atoms with Crippen LogP contribution in [0.3, 0.4) is 0 Å². The Kier molecular flexibility index (Phi) is 5.44. The molecule has 0 amide bonds. The van der Waals surface area contributed by atoms with Crippen molar-refractivity contribution in [1.29, 1.82) is 0 Å². The number of rotatable bonds is 4. The van der Waals surface area contributed by atoms with Crippen molar-refractivity contribution in [3.05, 3.63) is 0 Å². The number of nitrogens with two attached hydrogens (primary N) is 1. The van der Waals surface area contributed by atoms with Gasteiger partial charge in [0.25, 0.3) is 0 Å². The molecule has 2 atom stereocenters. The first-order valence-corrected chi connectivity index (χ1v) is 8.13. The Morgan fingerprint density at radius 1 is 1.25 bits per heavy atom. The first kappa shape index (κ1) is 15.8. The number of methoxy groups -OCH3 is 1. The Morgan fingerprint density at radius 2 is 1.95 bits per heavy atom. The zero-order valence-electron chi connectivity index (χ0n) is 13.1. The zero-order valence-corrected chi connectivity index (χ0v) is 13.1. The number of carbonyl (C=O) groups is 1. The van der Waals surface area contributed by atoms with E-state index >= 15 is 0 Å². The van der Waals surface area contributed by atoms with Crippen LogP contribution in [0.4, 0.5) is 0 Å². The molecule has 2 N–H and O–H groups in total. The van der Waals surface area contributed by atoms with Gasteiger partial charge in [0.1, 0.15) is 5.54 Å². The van der Waals surface area contributed by atoms with Gasteiger partial charge >= 0.3 is 5.97 Å². The molecule has 0 radical (unpaired) electrons. The Balaban J connectivity index is 1.89. The van der Waals surface area contributed by atoms with Crippen LogP contribution in [0, 0.1) is 5.92 Å². The highest BCUT2D eigenvalue weighted by atomic mass is 16.5. The molecule has 2 saturated carbocycles. The second kappa shape index (κ2) is 6.90. The van der Waals surface area contributed by atoms with Crippen LogP contribution in [0.25, 0.3) is 0 Å². The molecule has 2 rings (SSSR count). The van der Waals surface area contributed by atoms with Crippen LogP contribution in [0.15, 0.2) is 0 Å². The number of hydrogen-bond donors (Lipinski definition) is 1. The van der Waals surface area contributed by atoms with E-state index in [4.69, 9.17) is 10.5 Å². The Hall–Kier alpha value is -0.610. The van der Waals surface area contributed by atoms with E-state index in [1.807, 2.05) is 0 Å². The van der Waals surface area contributed by atoms with E-state index in [1.54, 1.807) is 0 Å². The predicted molar refractivity (Wildman–Crippen MR) is 80.4 cm³/mol. The van der Waals surface area contributed by atoms with Crippen molar-refractivity contribution < 1.29 is 9.53 Å². The number of nitrogens with zero attached hydrogens (tertiary/aromatic N) is 1. The summed E-state index contributed by atoms with van der Waals surface area (Å²) < 4.78 is 4.89. The van der Waals surface area contributed by atoms with Gasteiger partial charge in [0.2, 0.25) is 0 Å². The van der Waals surface area contributed by atoms with Crippen molar-refractivity contribution in [2.75, 3.05) is 20.7 Å². The molecule has 4 nitrogen and oxygen atoms in total. The van der Waals surface area contributed by atoms with Crippen LogP contribution in [0.1, 0.15) is 57.8 Å².